The van der Waals surface area contributed by atoms with Gasteiger partial charge in [0.15, 0.2) is 0 Å². The molecule has 0 unspecified atom stereocenters. The van der Waals surface area contributed by atoms with Crippen molar-refractivity contribution in [3.05, 3.63) is 0 Å². The molecule has 0 aromatic rings. The van der Waals surface area contributed by atoms with Gasteiger partial charge in [-0.3, -0.25) is 0 Å². The van der Waals surface area contributed by atoms with Crippen LogP contribution in [0.15, 0.2) is 0 Å². The van der Waals surface area contributed by atoms with Crippen molar-refractivity contribution >= 4 is 11.8 Å². The highest BCUT2D eigenvalue weighted by Gasteiger charge is 2.17. The monoisotopic (exact) mass is 173 g/mol. The first-order valence-electron chi connectivity index (χ1n) is 4.63. The van der Waals surface area contributed by atoms with Crippen molar-refractivity contribution in [1.82, 2.24) is 0 Å². The molecule has 0 heterocycles. The molecule has 0 aliphatic heterocycles. The van der Waals surface area contributed by atoms with Gasteiger partial charge in [0.05, 0.1) is 0 Å². The van der Waals surface area contributed by atoms with E-state index in [9.17, 15) is 0 Å². The van der Waals surface area contributed by atoms with E-state index < -0.39 is 0 Å². The molecule has 1 rings (SSSR count). The average molecular weight is 173 g/mol. The lowest BCUT2D eigenvalue weighted by Gasteiger charge is -2.24. The molecule has 1 nitrogen and oxygen atoms in total. The first-order valence-corrected chi connectivity index (χ1v) is 5.92. The molecule has 2 N–H and O–H groups in total. The highest BCUT2D eigenvalue weighted by atomic mass is 32.2. The summed E-state index contributed by atoms with van der Waals surface area (Å²) in [6, 6.07) is 0.463. The lowest BCUT2D eigenvalue weighted by atomic mass is 9.97. The summed E-state index contributed by atoms with van der Waals surface area (Å²) in [5.74, 6) is 0. The van der Waals surface area contributed by atoms with E-state index >= 15 is 0 Å². The van der Waals surface area contributed by atoms with Gasteiger partial charge in [-0.25, -0.2) is 0 Å². The topological polar surface area (TPSA) is 26.0 Å². The molecule has 2 atom stereocenters. The first kappa shape index (κ1) is 9.40. The van der Waals surface area contributed by atoms with Crippen LogP contribution in [0.1, 0.15) is 38.5 Å². The quantitative estimate of drug-likeness (QED) is 0.659. The zero-order valence-corrected chi connectivity index (χ0v) is 8.20. The van der Waals surface area contributed by atoms with E-state index in [1.165, 1.54) is 38.5 Å². The molecule has 1 fully saturated rings. The molecule has 0 spiro atoms. The number of hydrogen-bond acceptors (Lipinski definition) is 2. The molecule has 0 aromatic heterocycles. The number of thioether (sulfide) groups is 1. The van der Waals surface area contributed by atoms with Crippen LogP contribution in [-0.4, -0.2) is 17.5 Å². The second-order valence-electron chi connectivity index (χ2n) is 3.43. The van der Waals surface area contributed by atoms with Crippen LogP contribution in [0.2, 0.25) is 0 Å². The van der Waals surface area contributed by atoms with Crippen molar-refractivity contribution in [3.8, 4) is 0 Å². The maximum atomic E-state index is 6.04. The van der Waals surface area contributed by atoms with Gasteiger partial charge in [0.1, 0.15) is 0 Å². The predicted molar refractivity (Wildman–Crippen MR) is 53.0 cm³/mol. The third-order valence-electron chi connectivity index (χ3n) is 2.56. The van der Waals surface area contributed by atoms with E-state index in [1.807, 2.05) is 11.8 Å². The Kier molecular flexibility index (Phi) is 4.31. The Morgan fingerprint density at radius 1 is 1.09 bits per heavy atom. The Hall–Kier alpha value is 0.310. The highest BCUT2D eigenvalue weighted by molar-refractivity contribution is 7.99. The van der Waals surface area contributed by atoms with Gasteiger partial charge in [-0.2, -0.15) is 11.8 Å². The highest BCUT2D eigenvalue weighted by Crippen LogP contribution is 2.24. The van der Waals surface area contributed by atoms with Crippen LogP contribution in [0.4, 0.5) is 0 Å². The van der Waals surface area contributed by atoms with E-state index in [4.69, 9.17) is 5.73 Å². The van der Waals surface area contributed by atoms with Crippen molar-refractivity contribution in [2.24, 2.45) is 5.73 Å². The summed E-state index contributed by atoms with van der Waals surface area (Å²) in [6.07, 6.45) is 10.3. The summed E-state index contributed by atoms with van der Waals surface area (Å²) >= 11 is 1.95. The van der Waals surface area contributed by atoms with Gasteiger partial charge < -0.3 is 5.73 Å². The zero-order chi connectivity index (χ0) is 8.10. The van der Waals surface area contributed by atoms with E-state index in [0.29, 0.717) is 6.04 Å². The van der Waals surface area contributed by atoms with Crippen molar-refractivity contribution in [2.45, 2.75) is 49.8 Å². The molecule has 0 radical (unpaired) electrons. The lowest BCUT2D eigenvalue weighted by molar-refractivity contribution is 0.464. The van der Waals surface area contributed by atoms with Crippen molar-refractivity contribution in [3.63, 3.8) is 0 Å². The Balaban J connectivity index is 2.33. The number of rotatable bonds is 1. The first-order chi connectivity index (χ1) is 5.34. The smallest absolute Gasteiger partial charge is 0.0196 e. The third kappa shape index (κ3) is 3.04. The van der Waals surface area contributed by atoms with Crippen LogP contribution >= 0.6 is 11.8 Å². The molecule has 0 saturated heterocycles. The minimum Gasteiger partial charge on any atom is -0.327 e. The molecule has 0 amide bonds. The van der Waals surface area contributed by atoms with Gasteiger partial charge in [-0.15, -0.1) is 0 Å². The summed E-state index contributed by atoms with van der Waals surface area (Å²) < 4.78 is 0. The Labute approximate surface area is 74.1 Å². The lowest BCUT2D eigenvalue weighted by Crippen LogP contribution is -2.33. The summed E-state index contributed by atoms with van der Waals surface area (Å²) in [4.78, 5) is 0. The normalized spacial score (nSPS) is 34.4. The minimum atomic E-state index is 0.463. The molecule has 0 bridgehead atoms. The third-order valence-corrected chi connectivity index (χ3v) is 3.75. The maximum absolute atomic E-state index is 6.04. The van der Waals surface area contributed by atoms with Gasteiger partial charge in [0.2, 0.25) is 0 Å². The molecule has 11 heavy (non-hydrogen) atoms. The largest absolute Gasteiger partial charge is 0.327 e. The molecule has 1 aliphatic rings. The van der Waals surface area contributed by atoms with Gasteiger partial charge >= 0.3 is 0 Å². The number of hydrogen-bond donors (Lipinski definition) is 1. The van der Waals surface area contributed by atoms with Crippen molar-refractivity contribution in [1.29, 1.82) is 0 Å². The SMILES string of the molecule is CS[C@@H]1CCCCCC[C@H]1N. The fourth-order valence-electron chi connectivity index (χ4n) is 1.77. The van der Waals surface area contributed by atoms with Crippen LogP contribution < -0.4 is 5.73 Å². The molecule has 1 aliphatic carbocycles. The van der Waals surface area contributed by atoms with Gasteiger partial charge in [-0.05, 0) is 19.1 Å². The van der Waals surface area contributed by atoms with Crippen LogP contribution in [-0.2, 0) is 0 Å². The van der Waals surface area contributed by atoms with E-state index in [0.717, 1.165) is 5.25 Å². The predicted octanol–water partition coefficient (Wildman–Crippen LogP) is 2.40. The minimum absolute atomic E-state index is 0.463. The fraction of sp³-hybridized carbons (Fsp3) is 1.00. The van der Waals surface area contributed by atoms with Gasteiger partial charge in [0, 0.05) is 11.3 Å². The summed E-state index contributed by atoms with van der Waals surface area (Å²) in [5.41, 5.74) is 6.04. The molecular weight excluding hydrogens is 154 g/mol. The van der Waals surface area contributed by atoms with Crippen molar-refractivity contribution < 1.29 is 0 Å². The van der Waals surface area contributed by atoms with Gasteiger partial charge in [-0.1, -0.05) is 25.7 Å². The summed E-state index contributed by atoms with van der Waals surface area (Å²) in [6.45, 7) is 0. The molecule has 0 aromatic carbocycles. The van der Waals surface area contributed by atoms with Crippen LogP contribution in [0, 0.1) is 0 Å². The molecule has 1 saturated carbocycles. The van der Waals surface area contributed by atoms with Crippen molar-refractivity contribution in [2.75, 3.05) is 6.26 Å². The maximum Gasteiger partial charge on any atom is 0.0196 e. The van der Waals surface area contributed by atoms with Crippen LogP contribution in [0.25, 0.3) is 0 Å². The Bertz CT molecular complexity index is 106. The van der Waals surface area contributed by atoms with Crippen LogP contribution in [0.3, 0.4) is 0 Å². The Morgan fingerprint density at radius 3 is 2.36 bits per heavy atom. The van der Waals surface area contributed by atoms with Crippen LogP contribution in [0.5, 0.6) is 0 Å². The molecule has 66 valence electrons. The van der Waals surface area contributed by atoms with Gasteiger partial charge in [0.25, 0.3) is 0 Å². The summed E-state index contributed by atoms with van der Waals surface area (Å²) in [5, 5.41) is 0.732. The standard InChI is InChI=1S/C9H19NS/c1-11-9-7-5-3-2-4-6-8(9)10/h8-9H,2-7,10H2,1H3/t8-,9-/m1/s1. The molecular formula is C9H19NS. The second-order valence-corrected chi connectivity index (χ2v) is 4.51. The summed E-state index contributed by atoms with van der Waals surface area (Å²) in [7, 11) is 0. The van der Waals surface area contributed by atoms with E-state index in [1.54, 1.807) is 0 Å². The average Bonchev–Trinajstić information content (AvgIpc) is 1.98. The molecule has 2 heteroatoms. The van der Waals surface area contributed by atoms with E-state index in [2.05, 4.69) is 6.26 Å². The van der Waals surface area contributed by atoms with E-state index in [-0.39, 0.29) is 0 Å². The fourth-order valence-corrected chi connectivity index (χ4v) is 2.66. The zero-order valence-electron chi connectivity index (χ0n) is 7.38. The Morgan fingerprint density at radius 2 is 1.73 bits per heavy atom. The number of nitrogens with two attached hydrogens (primary N) is 1. The second kappa shape index (κ2) is 5.04.